The molecule has 10 heteroatoms. The number of rotatable bonds is 6. The van der Waals surface area contributed by atoms with Crippen molar-refractivity contribution in [2.75, 3.05) is 25.7 Å². The third kappa shape index (κ3) is 6.42. The molecule has 0 aromatic rings. The van der Waals surface area contributed by atoms with Gasteiger partial charge in [0.25, 0.3) is 20.2 Å². The van der Waals surface area contributed by atoms with Gasteiger partial charge in [0.05, 0.1) is 25.7 Å². The Labute approximate surface area is 117 Å². The second kappa shape index (κ2) is 6.63. The zero-order chi connectivity index (χ0) is 15.6. The molecular formula is C10H18F2O6S2. The summed E-state index contributed by atoms with van der Waals surface area (Å²) in [5, 5.41) is 0. The first-order valence-corrected chi connectivity index (χ1v) is 9.58. The maximum Gasteiger partial charge on any atom is 0.264 e. The molecule has 1 rings (SSSR count). The fourth-order valence-electron chi connectivity index (χ4n) is 2.09. The average Bonchev–Trinajstić information content (AvgIpc) is 2.26. The van der Waals surface area contributed by atoms with Crippen LogP contribution < -0.4 is 0 Å². The van der Waals surface area contributed by atoms with Crippen LogP contribution in [-0.4, -0.2) is 54.9 Å². The molecule has 1 aliphatic rings. The summed E-state index contributed by atoms with van der Waals surface area (Å²) in [5.41, 5.74) is 0. The zero-order valence-electron chi connectivity index (χ0n) is 11.2. The molecule has 0 N–H and O–H groups in total. The molecule has 1 aliphatic carbocycles. The summed E-state index contributed by atoms with van der Waals surface area (Å²) in [4.78, 5) is 0. The summed E-state index contributed by atoms with van der Waals surface area (Å²) in [6.07, 6.45) is -2.18. The van der Waals surface area contributed by atoms with Gasteiger partial charge in [0.2, 0.25) is 0 Å². The molecule has 1 saturated carbocycles. The van der Waals surface area contributed by atoms with E-state index >= 15 is 0 Å². The third-order valence-electron chi connectivity index (χ3n) is 3.11. The van der Waals surface area contributed by atoms with E-state index < -0.39 is 44.4 Å². The number of hydrogen-bond donors (Lipinski definition) is 0. The van der Waals surface area contributed by atoms with E-state index in [2.05, 4.69) is 8.37 Å². The molecule has 4 atom stereocenters. The summed E-state index contributed by atoms with van der Waals surface area (Å²) < 4.78 is 79.6. The smallest absolute Gasteiger partial charge is 0.264 e. The third-order valence-corrected chi connectivity index (χ3v) is 4.24. The van der Waals surface area contributed by atoms with Crippen LogP contribution in [0.25, 0.3) is 0 Å². The monoisotopic (exact) mass is 336 g/mol. The molecular weight excluding hydrogens is 318 g/mol. The Morgan fingerprint density at radius 2 is 1.15 bits per heavy atom. The van der Waals surface area contributed by atoms with Gasteiger partial charge in [0, 0.05) is 0 Å². The van der Waals surface area contributed by atoms with E-state index in [1.807, 2.05) is 0 Å². The fourth-order valence-corrected chi connectivity index (χ4v) is 2.93. The van der Waals surface area contributed by atoms with Gasteiger partial charge in [0.15, 0.2) is 0 Å². The first kappa shape index (κ1) is 17.7. The van der Waals surface area contributed by atoms with E-state index in [4.69, 9.17) is 0 Å². The molecule has 0 aliphatic heterocycles. The van der Waals surface area contributed by atoms with Crippen molar-refractivity contribution in [2.24, 2.45) is 11.8 Å². The average molecular weight is 336 g/mol. The van der Waals surface area contributed by atoms with Crippen molar-refractivity contribution in [3.05, 3.63) is 0 Å². The maximum absolute atomic E-state index is 13.4. The van der Waals surface area contributed by atoms with Crippen molar-refractivity contribution < 1.29 is 34.0 Å². The predicted octanol–water partition coefficient (Wildman–Crippen LogP) is 0.641. The molecule has 0 spiro atoms. The highest BCUT2D eigenvalue weighted by Crippen LogP contribution is 2.34. The van der Waals surface area contributed by atoms with Crippen LogP contribution >= 0.6 is 0 Å². The van der Waals surface area contributed by atoms with Crippen molar-refractivity contribution in [3.8, 4) is 0 Å². The molecule has 0 saturated heterocycles. The number of alkyl halides is 2. The van der Waals surface area contributed by atoms with Crippen LogP contribution in [0.3, 0.4) is 0 Å². The lowest BCUT2D eigenvalue weighted by molar-refractivity contribution is 0.0147. The van der Waals surface area contributed by atoms with Crippen molar-refractivity contribution >= 4 is 20.2 Å². The Hall–Kier alpha value is -0.320. The van der Waals surface area contributed by atoms with Gasteiger partial charge in [-0.1, -0.05) is 0 Å². The van der Waals surface area contributed by atoms with Gasteiger partial charge < -0.3 is 0 Å². The molecule has 0 aromatic heterocycles. The highest BCUT2D eigenvalue weighted by Gasteiger charge is 2.38. The highest BCUT2D eigenvalue weighted by molar-refractivity contribution is 7.86. The Morgan fingerprint density at radius 3 is 1.40 bits per heavy atom. The summed E-state index contributed by atoms with van der Waals surface area (Å²) in [6.45, 7) is -0.631. The molecule has 0 radical (unpaired) electrons. The Morgan fingerprint density at radius 1 is 0.850 bits per heavy atom. The maximum atomic E-state index is 13.4. The molecule has 0 heterocycles. The van der Waals surface area contributed by atoms with Gasteiger partial charge in [-0.15, -0.1) is 0 Å². The van der Waals surface area contributed by atoms with E-state index in [-0.39, 0.29) is 26.1 Å². The Bertz CT molecular complexity index is 470. The molecule has 20 heavy (non-hydrogen) atoms. The van der Waals surface area contributed by atoms with Crippen LogP contribution in [0.1, 0.15) is 12.8 Å². The molecule has 120 valence electrons. The number of hydrogen-bond acceptors (Lipinski definition) is 6. The second-order valence-electron chi connectivity index (χ2n) is 5.00. The lowest BCUT2D eigenvalue weighted by atomic mass is 9.78. The quantitative estimate of drug-likeness (QED) is 0.662. The Balaban J connectivity index is 2.69. The summed E-state index contributed by atoms with van der Waals surface area (Å²) >= 11 is 0. The van der Waals surface area contributed by atoms with Crippen molar-refractivity contribution in [3.63, 3.8) is 0 Å². The lowest BCUT2D eigenvalue weighted by Crippen LogP contribution is -2.39. The van der Waals surface area contributed by atoms with E-state index in [0.29, 0.717) is 0 Å². The van der Waals surface area contributed by atoms with Gasteiger partial charge in [-0.3, -0.25) is 8.37 Å². The first-order chi connectivity index (χ1) is 8.98. The van der Waals surface area contributed by atoms with Crippen molar-refractivity contribution in [1.29, 1.82) is 0 Å². The second-order valence-corrected chi connectivity index (χ2v) is 8.29. The fraction of sp³-hybridized carbons (Fsp3) is 1.00. The van der Waals surface area contributed by atoms with Gasteiger partial charge in [-0.25, -0.2) is 8.78 Å². The standard InChI is InChI=1S/C10H18F2O6S2/c1-19(13,14)17-5-7-3-9(11)10(12)4-8(7)6-18-20(2,15)16/h7-10H,3-6H2,1-2H3. The molecule has 1 fully saturated rings. The first-order valence-electron chi connectivity index (χ1n) is 5.95. The van der Waals surface area contributed by atoms with E-state index in [0.717, 1.165) is 12.5 Å². The topological polar surface area (TPSA) is 86.7 Å². The molecule has 4 unspecified atom stereocenters. The zero-order valence-corrected chi connectivity index (χ0v) is 12.8. The van der Waals surface area contributed by atoms with Gasteiger partial charge in [-0.05, 0) is 24.7 Å². The van der Waals surface area contributed by atoms with Gasteiger partial charge in [0.1, 0.15) is 12.3 Å². The van der Waals surface area contributed by atoms with Crippen LogP contribution in [0, 0.1) is 11.8 Å². The molecule has 0 bridgehead atoms. The summed E-state index contributed by atoms with van der Waals surface area (Å²) in [7, 11) is -7.39. The normalized spacial score (nSPS) is 32.2. The van der Waals surface area contributed by atoms with E-state index in [1.165, 1.54) is 0 Å². The SMILES string of the molecule is CS(=O)(=O)OCC1CC(F)C(F)CC1COS(C)(=O)=O. The largest absolute Gasteiger partial charge is 0.270 e. The van der Waals surface area contributed by atoms with Crippen LogP contribution in [0.5, 0.6) is 0 Å². The minimum atomic E-state index is -3.70. The highest BCUT2D eigenvalue weighted by atomic mass is 32.2. The Kier molecular flexibility index (Phi) is 5.88. The molecule has 0 aromatic carbocycles. The van der Waals surface area contributed by atoms with Crippen LogP contribution in [0.15, 0.2) is 0 Å². The minimum absolute atomic E-state index is 0.228. The predicted molar refractivity (Wildman–Crippen MR) is 67.6 cm³/mol. The minimum Gasteiger partial charge on any atom is -0.270 e. The van der Waals surface area contributed by atoms with E-state index in [9.17, 15) is 25.6 Å². The van der Waals surface area contributed by atoms with Gasteiger partial charge in [-0.2, -0.15) is 16.8 Å². The van der Waals surface area contributed by atoms with Crippen LogP contribution in [0.4, 0.5) is 8.78 Å². The van der Waals surface area contributed by atoms with E-state index in [1.54, 1.807) is 0 Å². The van der Waals surface area contributed by atoms with Crippen LogP contribution in [-0.2, 0) is 28.6 Å². The molecule has 6 nitrogen and oxygen atoms in total. The summed E-state index contributed by atoms with van der Waals surface area (Å²) in [5.74, 6) is -1.23. The van der Waals surface area contributed by atoms with Crippen LogP contribution in [0.2, 0.25) is 0 Å². The van der Waals surface area contributed by atoms with Crippen molar-refractivity contribution in [2.45, 2.75) is 25.2 Å². The molecule has 0 amide bonds. The lowest BCUT2D eigenvalue weighted by Gasteiger charge is -2.34. The van der Waals surface area contributed by atoms with Crippen molar-refractivity contribution in [1.82, 2.24) is 0 Å². The summed E-state index contributed by atoms with van der Waals surface area (Å²) in [6, 6.07) is 0. The number of halogens is 2. The van der Waals surface area contributed by atoms with Gasteiger partial charge >= 0.3 is 0 Å².